The van der Waals surface area contributed by atoms with Crippen molar-refractivity contribution in [3.05, 3.63) is 12.2 Å². The number of amides is 1. The van der Waals surface area contributed by atoms with E-state index < -0.39 is 5.97 Å². The minimum Gasteiger partial charge on any atom is -0.481 e. The van der Waals surface area contributed by atoms with Crippen LogP contribution in [0.25, 0.3) is 0 Å². The monoisotopic (exact) mass is 357 g/mol. The summed E-state index contributed by atoms with van der Waals surface area (Å²) in [6, 6.07) is 0.0791. The van der Waals surface area contributed by atoms with E-state index in [1.165, 1.54) is 0 Å². The molecule has 0 bridgehead atoms. The zero-order valence-electron chi connectivity index (χ0n) is 16.7. The Morgan fingerprint density at radius 2 is 1.80 bits per heavy atom. The number of carboxylic acid groups (broad SMARTS) is 1. The van der Waals surface area contributed by atoms with Gasteiger partial charge in [0.05, 0.1) is 18.6 Å². The number of hydrogen-bond donors (Lipinski definition) is 1. The summed E-state index contributed by atoms with van der Waals surface area (Å²) >= 11 is 0. The fourth-order valence-corrected chi connectivity index (χ4v) is 1.99. The van der Waals surface area contributed by atoms with Crippen molar-refractivity contribution in [2.24, 2.45) is 17.8 Å². The van der Waals surface area contributed by atoms with Gasteiger partial charge in [0.15, 0.2) is 0 Å². The smallest absolute Gasteiger partial charge is 0.305 e. The lowest BCUT2D eigenvalue weighted by Crippen LogP contribution is -2.43. The number of hydrogen-bond acceptors (Lipinski definition) is 4. The molecular formula is C19H35NO5. The van der Waals surface area contributed by atoms with Crippen molar-refractivity contribution in [3.63, 3.8) is 0 Å². The van der Waals surface area contributed by atoms with Gasteiger partial charge in [0.25, 0.3) is 0 Å². The lowest BCUT2D eigenvalue weighted by atomic mass is 10.1. The van der Waals surface area contributed by atoms with E-state index in [1.807, 2.05) is 33.8 Å². The molecule has 0 unspecified atom stereocenters. The van der Waals surface area contributed by atoms with Crippen LogP contribution in [-0.4, -0.2) is 47.4 Å². The van der Waals surface area contributed by atoms with Gasteiger partial charge < -0.3 is 9.84 Å². The Bertz CT molecular complexity index is 434. The van der Waals surface area contributed by atoms with E-state index in [0.717, 1.165) is 6.42 Å². The fraction of sp³-hybridized carbons (Fsp3) is 0.789. The van der Waals surface area contributed by atoms with Crippen molar-refractivity contribution in [1.82, 2.24) is 5.06 Å². The summed E-state index contributed by atoms with van der Waals surface area (Å²) < 4.78 is 5.44. The van der Waals surface area contributed by atoms with Crippen LogP contribution in [-0.2, 0) is 19.2 Å². The molecule has 0 saturated carbocycles. The molecule has 0 saturated heterocycles. The van der Waals surface area contributed by atoms with Crippen molar-refractivity contribution >= 4 is 11.9 Å². The Labute approximate surface area is 152 Å². The van der Waals surface area contributed by atoms with Crippen LogP contribution in [0.5, 0.6) is 0 Å². The molecule has 0 aromatic carbocycles. The molecule has 25 heavy (non-hydrogen) atoms. The summed E-state index contributed by atoms with van der Waals surface area (Å²) in [5, 5.41) is 9.54. The summed E-state index contributed by atoms with van der Waals surface area (Å²) in [5.41, 5.74) is 0. The van der Waals surface area contributed by atoms with Crippen molar-refractivity contribution in [2.75, 3.05) is 13.2 Å². The number of carboxylic acids is 1. The van der Waals surface area contributed by atoms with Gasteiger partial charge in [-0.2, -0.15) is 0 Å². The molecule has 3 atom stereocenters. The van der Waals surface area contributed by atoms with E-state index in [9.17, 15) is 9.59 Å². The van der Waals surface area contributed by atoms with Gasteiger partial charge in [0.2, 0.25) is 5.91 Å². The highest BCUT2D eigenvalue weighted by Gasteiger charge is 2.29. The number of hydroxylamine groups is 2. The second kappa shape index (κ2) is 12.0. The number of carbonyl (C=O) groups excluding carboxylic acids is 1. The first-order valence-electron chi connectivity index (χ1n) is 9.08. The molecule has 1 N–H and O–H groups in total. The predicted molar refractivity (Wildman–Crippen MR) is 97.9 cm³/mol. The first-order chi connectivity index (χ1) is 11.6. The molecule has 0 aromatic heterocycles. The zero-order chi connectivity index (χ0) is 19.6. The van der Waals surface area contributed by atoms with E-state index in [1.54, 1.807) is 18.9 Å². The standard InChI is InChI=1S/C15H27NO3.C4H8O2/c1-6-18-10-12(4)14-9-7-8-13(5)16(19-14)15(17)11(2)3;1-3(2)4(5)6/h7,9,11-14H,6,8,10H2,1-5H3;3H,1-2H3,(H,5,6)/t12-,13-,14+;/m1./s1. The molecule has 0 fully saturated rings. The fourth-order valence-electron chi connectivity index (χ4n) is 1.99. The SMILES string of the molecule is CC(C)C(=O)O.CCOC[C@@H](C)[C@@H]1C=CC[C@@H](C)N(C(=O)C(C)C)O1. The zero-order valence-corrected chi connectivity index (χ0v) is 16.7. The Kier molecular flexibility index (Phi) is 11.4. The Morgan fingerprint density at radius 3 is 2.24 bits per heavy atom. The molecule has 6 nitrogen and oxygen atoms in total. The van der Waals surface area contributed by atoms with Gasteiger partial charge in [0.1, 0.15) is 6.10 Å². The number of rotatable bonds is 6. The second-order valence-electron chi connectivity index (χ2n) is 7.03. The topological polar surface area (TPSA) is 76.1 Å². The van der Waals surface area contributed by atoms with Crippen LogP contribution in [0.2, 0.25) is 0 Å². The Morgan fingerprint density at radius 1 is 1.24 bits per heavy atom. The van der Waals surface area contributed by atoms with E-state index in [0.29, 0.717) is 13.2 Å². The third-order valence-corrected chi connectivity index (χ3v) is 3.79. The van der Waals surface area contributed by atoms with Gasteiger partial charge >= 0.3 is 5.97 Å². The molecule has 1 amide bonds. The average molecular weight is 357 g/mol. The van der Waals surface area contributed by atoms with Crippen molar-refractivity contribution in [1.29, 1.82) is 0 Å². The molecule has 146 valence electrons. The lowest BCUT2D eigenvalue weighted by Gasteiger charge is -2.31. The molecule has 1 rings (SSSR count). The maximum atomic E-state index is 12.2. The first kappa shape index (κ1) is 23.6. The van der Waals surface area contributed by atoms with Gasteiger partial charge in [-0.15, -0.1) is 0 Å². The van der Waals surface area contributed by atoms with Crippen molar-refractivity contribution in [2.45, 2.75) is 67.0 Å². The summed E-state index contributed by atoms with van der Waals surface area (Å²) in [7, 11) is 0. The largest absolute Gasteiger partial charge is 0.481 e. The molecule has 0 aliphatic carbocycles. The number of aliphatic carboxylic acids is 1. The summed E-state index contributed by atoms with van der Waals surface area (Å²) in [6.07, 6.45) is 4.88. The van der Waals surface area contributed by atoms with Crippen LogP contribution in [0.1, 0.15) is 54.9 Å². The second-order valence-corrected chi connectivity index (χ2v) is 7.03. The highest BCUT2D eigenvalue weighted by Crippen LogP contribution is 2.21. The van der Waals surface area contributed by atoms with Gasteiger partial charge in [-0.25, -0.2) is 5.06 Å². The van der Waals surface area contributed by atoms with Gasteiger partial charge in [-0.05, 0) is 20.3 Å². The van der Waals surface area contributed by atoms with Crippen LogP contribution < -0.4 is 0 Å². The summed E-state index contributed by atoms with van der Waals surface area (Å²) in [5.74, 6) is -0.753. The van der Waals surface area contributed by atoms with Gasteiger partial charge in [-0.1, -0.05) is 46.8 Å². The molecule has 0 spiro atoms. The normalized spacial score (nSPS) is 21.6. The first-order valence-corrected chi connectivity index (χ1v) is 9.08. The van der Waals surface area contributed by atoms with E-state index in [2.05, 4.69) is 13.0 Å². The van der Waals surface area contributed by atoms with Crippen LogP contribution in [0.4, 0.5) is 0 Å². The third-order valence-electron chi connectivity index (χ3n) is 3.79. The highest BCUT2D eigenvalue weighted by atomic mass is 16.7. The van der Waals surface area contributed by atoms with Crippen LogP contribution in [0, 0.1) is 17.8 Å². The number of nitrogens with zero attached hydrogens (tertiary/aromatic N) is 1. The number of ether oxygens (including phenoxy) is 1. The van der Waals surface area contributed by atoms with E-state index in [4.69, 9.17) is 14.7 Å². The molecule has 6 heteroatoms. The molecule has 0 aromatic rings. The van der Waals surface area contributed by atoms with E-state index in [-0.39, 0.29) is 35.8 Å². The molecular weight excluding hydrogens is 322 g/mol. The van der Waals surface area contributed by atoms with Crippen LogP contribution in [0.15, 0.2) is 12.2 Å². The summed E-state index contributed by atoms with van der Waals surface area (Å²) in [4.78, 5) is 27.8. The molecule has 1 heterocycles. The minimum absolute atomic E-state index is 0.0461. The number of carbonyl (C=O) groups is 2. The van der Waals surface area contributed by atoms with E-state index >= 15 is 0 Å². The van der Waals surface area contributed by atoms with Crippen molar-refractivity contribution < 1.29 is 24.3 Å². The van der Waals surface area contributed by atoms with Gasteiger partial charge in [-0.3, -0.25) is 14.4 Å². The third kappa shape index (κ3) is 9.02. The quantitative estimate of drug-likeness (QED) is 0.736. The van der Waals surface area contributed by atoms with Crippen LogP contribution >= 0.6 is 0 Å². The Hall–Kier alpha value is -1.40. The molecule has 1 aliphatic rings. The lowest BCUT2D eigenvalue weighted by molar-refractivity contribution is -0.221. The predicted octanol–water partition coefficient (Wildman–Crippen LogP) is 3.52. The van der Waals surface area contributed by atoms with Crippen molar-refractivity contribution in [3.8, 4) is 0 Å². The maximum Gasteiger partial charge on any atom is 0.305 e. The minimum atomic E-state index is -0.741. The molecule has 0 radical (unpaired) electrons. The van der Waals surface area contributed by atoms with Crippen LogP contribution in [0.3, 0.4) is 0 Å². The summed E-state index contributed by atoms with van der Waals surface area (Å²) in [6.45, 7) is 14.5. The van der Waals surface area contributed by atoms with Gasteiger partial charge in [0, 0.05) is 18.4 Å². The maximum absolute atomic E-state index is 12.2. The molecule has 1 aliphatic heterocycles. The highest BCUT2D eigenvalue weighted by molar-refractivity contribution is 5.77. The average Bonchev–Trinajstić information content (AvgIpc) is 2.74. The Balaban J connectivity index is 0.000000823.